The molecular formula is C21H14Cl2N4O4. The molecule has 0 aliphatic heterocycles. The molecule has 8 nitrogen and oxygen atoms in total. The number of nitrogens with one attached hydrogen (secondary N) is 1. The minimum atomic E-state index is -0.599. The third-order valence-electron chi connectivity index (χ3n) is 5.29. The zero-order valence-corrected chi connectivity index (χ0v) is 17.3. The summed E-state index contributed by atoms with van der Waals surface area (Å²) in [5, 5.41) is 27.0. The van der Waals surface area contributed by atoms with Crippen molar-refractivity contribution in [2.24, 2.45) is 0 Å². The molecule has 5 rings (SSSR count). The first-order valence-electron chi connectivity index (χ1n) is 9.42. The molecule has 2 aromatic carbocycles. The van der Waals surface area contributed by atoms with Crippen LogP contribution in [0, 0.1) is 10.1 Å². The van der Waals surface area contributed by atoms with Gasteiger partial charge >= 0.3 is 0 Å². The summed E-state index contributed by atoms with van der Waals surface area (Å²) in [4.78, 5) is 25.8. The van der Waals surface area contributed by atoms with Crippen LogP contribution in [0.3, 0.4) is 0 Å². The number of hydrogen-bond acceptors (Lipinski definition) is 5. The van der Waals surface area contributed by atoms with Crippen LogP contribution in [0.25, 0.3) is 28.0 Å². The Bertz CT molecular complexity index is 1440. The van der Waals surface area contributed by atoms with Gasteiger partial charge in [-0.3, -0.25) is 14.9 Å². The molecule has 0 saturated heterocycles. The number of aromatic nitrogens is 3. The van der Waals surface area contributed by atoms with Gasteiger partial charge in [-0.15, -0.1) is 0 Å². The summed E-state index contributed by atoms with van der Waals surface area (Å²) in [6.07, 6.45) is 1.95. The topological polar surface area (TPSA) is 114 Å². The van der Waals surface area contributed by atoms with E-state index in [0.717, 1.165) is 35.7 Å². The monoisotopic (exact) mass is 456 g/mol. The third-order valence-corrected chi connectivity index (χ3v) is 6.03. The molecule has 2 heterocycles. The number of aromatic amines is 1. The largest absolute Gasteiger partial charge is 0.507 e. The van der Waals surface area contributed by atoms with E-state index in [4.69, 9.17) is 28.3 Å². The number of hydrogen-bond donors (Lipinski definition) is 2. The van der Waals surface area contributed by atoms with Gasteiger partial charge in [0.15, 0.2) is 0 Å². The first kappa shape index (κ1) is 19.6. The summed E-state index contributed by atoms with van der Waals surface area (Å²) in [6.45, 7) is 0. The molecule has 0 amide bonds. The lowest BCUT2D eigenvalue weighted by atomic mass is 10.0. The number of rotatable bonds is 4. The highest BCUT2D eigenvalue weighted by molar-refractivity contribution is 6.42. The summed E-state index contributed by atoms with van der Waals surface area (Å²) in [5.41, 5.74) is 2.67. The van der Waals surface area contributed by atoms with Gasteiger partial charge in [-0.2, -0.15) is 5.10 Å². The van der Waals surface area contributed by atoms with Crippen LogP contribution < -0.4 is 5.56 Å². The van der Waals surface area contributed by atoms with Crippen LogP contribution in [0.5, 0.6) is 5.75 Å². The van der Waals surface area contributed by atoms with E-state index >= 15 is 0 Å². The Morgan fingerprint density at radius 1 is 1.13 bits per heavy atom. The molecule has 2 N–H and O–H groups in total. The van der Waals surface area contributed by atoms with Crippen molar-refractivity contribution in [1.29, 1.82) is 0 Å². The average Bonchev–Trinajstić information content (AvgIpc) is 3.50. The molecule has 4 aromatic rings. The predicted octanol–water partition coefficient (Wildman–Crippen LogP) is 5.15. The molecule has 0 bridgehead atoms. The van der Waals surface area contributed by atoms with E-state index in [1.807, 2.05) is 6.07 Å². The minimum absolute atomic E-state index is 0.242. The number of halogens is 2. The van der Waals surface area contributed by atoms with Crippen molar-refractivity contribution in [2.45, 2.75) is 18.8 Å². The fraction of sp³-hybridized carbons (Fsp3) is 0.143. The second kappa shape index (κ2) is 7.11. The summed E-state index contributed by atoms with van der Waals surface area (Å²) >= 11 is 12.3. The van der Waals surface area contributed by atoms with Crippen LogP contribution in [-0.2, 0) is 0 Å². The van der Waals surface area contributed by atoms with Gasteiger partial charge < -0.3 is 10.1 Å². The van der Waals surface area contributed by atoms with Crippen molar-refractivity contribution >= 4 is 34.5 Å². The molecule has 0 spiro atoms. The number of phenolic OH excluding ortho intramolecular Hbond substituents is 1. The van der Waals surface area contributed by atoms with Crippen molar-refractivity contribution < 1.29 is 10.0 Å². The Labute approximate surface area is 184 Å². The van der Waals surface area contributed by atoms with Gasteiger partial charge in [0.05, 0.1) is 32.4 Å². The molecule has 31 heavy (non-hydrogen) atoms. The second-order valence-electron chi connectivity index (χ2n) is 7.40. The molecule has 1 aliphatic carbocycles. The number of non-ortho nitro benzene ring substituents is 1. The second-order valence-corrected chi connectivity index (χ2v) is 8.22. The molecule has 1 saturated carbocycles. The van der Waals surface area contributed by atoms with Gasteiger partial charge in [0.1, 0.15) is 11.4 Å². The fourth-order valence-corrected chi connectivity index (χ4v) is 3.98. The van der Waals surface area contributed by atoms with E-state index in [1.54, 1.807) is 16.6 Å². The molecule has 1 aliphatic rings. The van der Waals surface area contributed by atoms with E-state index in [0.29, 0.717) is 21.4 Å². The van der Waals surface area contributed by atoms with E-state index in [-0.39, 0.29) is 22.9 Å². The van der Waals surface area contributed by atoms with Gasteiger partial charge in [0.2, 0.25) is 0 Å². The molecule has 0 atom stereocenters. The van der Waals surface area contributed by atoms with Gasteiger partial charge in [-0.05, 0) is 36.6 Å². The first-order chi connectivity index (χ1) is 14.8. The lowest BCUT2D eigenvalue weighted by Gasteiger charge is -2.08. The Kier molecular flexibility index (Phi) is 4.49. The number of phenols is 1. The first-order valence-corrected chi connectivity index (χ1v) is 10.2. The Morgan fingerprint density at radius 3 is 2.55 bits per heavy atom. The van der Waals surface area contributed by atoms with Gasteiger partial charge in [-0.25, -0.2) is 4.52 Å². The summed E-state index contributed by atoms with van der Waals surface area (Å²) in [5.74, 6) is -0.0770. The zero-order valence-electron chi connectivity index (χ0n) is 15.8. The van der Waals surface area contributed by atoms with Crippen LogP contribution >= 0.6 is 23.2 Å². The fourth-order valence-electron chi connectivity index (χ4n) is 3.68. The van der Waals surface area contributed by atoms with Crippen LogP contribution in [0.2, 0.25) is 10.0 Å². The van der Waals surface area contributed by atoms with E-state index in [1.165, 1.54) is 18.2 Å². The van der Waals surface area contributed by atoms with Crippen LogP contribution in [0.1, 0.15) is 24.5 Å². The number of aromatic hydroxyl groups is 1. The average molecular weight is 457 g/mol. The Balaban J connectivity index is 1.80. The van der Waals surface area contributed by atoms with Gasteiger partial charge in [0, 0.05) is 29.2 Å². The molecule has 0 radical (unpaired) electrons. The van der Waals surface area contributed by atoms with E-state index < -0.39 is 10.5 Å². The maximum atomic E-state index is 12.5. The third kappa shape index (κ3) is 3.34. The quantitative estimate of drug-likeness (QED) is 0.325. The lowest BCUT2D eigenvalue weighted by Crippen LogP contribution is -2.10. The number of nitro benzene ring substituents is 1. The number of benzene rings is 2. The molecule has 10 heteroatoms. The number of fused-ring (bicyclic) bond motifs is 1. The number of H-pyrrole nitrogens is 1. The summed E-state index contributed by atoms with van der Waals surface area (Å²) < 4.78 is 1.55. The van der Waals surface area contributed by atoms with Crippen molar-refractivity contribution in [1.82, 2.24) is 14.6 Å². The van der Waals surface area contributed by atoms with Crippen molar-refractivity contribution in [3.8, 4) is 28.1 Å². The lowest BCUT2D eigenvalue weighted by molar-refractivity contribution is -0.384. The smallest absolute Gasteiger partial charge is 0.273 e. The highest BCUT2D eigenvalue weighted by Crippen LogP contribution is 2.46. The molecule has 0 unspecified atom stereocenters. The maximum absolute atomic E-state index is 12.5. The van der Waals surface area contributed by atoms with Crippen LogP contribution in [0.15, 0.2) is 47.3 Å². The van der Waals surface area contributed by atoms with Crippen molar-refractivity contribution in [3.63, 3.8) is 0 Å². The Morgan fingerprint density at radius 2 is 1.90 bits per heavy atom. The number of nitrogens with zero attached hydrogens (tertiary/aromatic N) is 3. The SMILES string of the molecule is O=c1cc(-c2ccc([N+](=O)[O-])cc2O)n2nc(C3CC3)c(-c3ccc(Cl)c(Cl)c3)c2[nH]1. The molecular weight excluding hydrogens is 443 g/mol. The molecule has 1 fully saturated rings. The van der Waals surface area contributed by atoms with Crippen molar-refractivity contribution in [3.05, 3.63) is 78.7 Å². The van der Waals surface area contributed by atoms with Crippen LogP contribution in [0.4, 0.5) is 5.69 Å². The van der Waals surface area contributed by atoms with Crippen LogP contribution in [-0.4, -0.2) is 24.6 Å². The van der Waals surface area contributed by atoms with Gasteiger partial charge in [0.25, 0.3) is 11.2 Å². The predicted molar refractivity (Wildman–Crippen MR) is 117 cm³/mol. The minimum Gasteiger partial charge on any atom is -0.507 e. The number of nitro groups is 1. The maximum Gasteiger partial charge on any atom is 0.273 e. The zero-order chi connectivity index (χ0) is 21.9. The highest BCUT2D eigenvalue weighted by atomic mass is 35.5. The van der Waals surface area contributed by atoms with E-state index in [9.17, 15) is 20.0 Å². The molecule has 2 aromatic heterocycles. The highest BCUT2D eigenvalue weighted by Gasteiger charge is 2.32. The standard InChI is InChI=1S/C21H14Cl2N4O4/c22-14-6-3-11(7-15(14)23)19-20(10-1-2-10)25-26-16(9-18(29)24-21(19)26)13-5-4-12(27(30)31)8-17(13)28/h3-10,28H,1-2H2,(H,24,29). The normalized spacial score (nSPS) is 13.6. The summed E-state index contributed by atoms with van der Waals surface area (Å²) in [6, 6.07) is 10.2. The summed E-state index contributed by atoms with van der Waals surface area (Å²) in [7, 11) is 0. The Hall–Kier alpha value is -3.36. The molecule has 156 valence electrons. The van der Waals surface area contributed by atoms with Gasteiger partial charge in [-0.1, -0.05) is 29.3 Å². The van der Waals surface area contributed by atoms with Crippen molar-refractivity contribution in [2.75, 3.05) is 0 Å². The van der Waals surface area contributed by atoms with E-state index in [2.05, 4.69) is 4.98 Å².